The molecule has 0 fully saturated rings. The maximum absolute atomic E-state index is 10.5. The molecule has 1 aromatic heterocycles. The van der Waals surface area contributed by atoms with Crippen molar-refractivity contribution >= 4 is 5.91 Å². The van der Waals surface area contributed by atoms with Crippen LogP contribution in [0.4, 0.5) is 0 Å². The summed E-state index contributed by atoms with van der Waals surface area (Å²) in [6.07, 6.45) is 2.38. The minimum absolute atomic E-state index is 0.299. The van der Waals surface area contributed by atoms with Crippen LogP contribution in [0.25, 0.3) is 0 Å². The lowest BCUT2D eigenvalue weighted by molar-refractivity contribution is -0.112. The molecule has 1 rings (SSSR count). The van der Waals surface area contributed by atoms with Gasteiger partial charge in [-0.1, -0.05) is 0 Å². The van der Waals surface area contributed by atoms with E-state index in [4.69, 9.17) is 5.73 Å². The van der Waals surface area contributed by atoms with Crippen molar-refractivity contribution in [2.75, 3.05) is 0 Å². The first kappa shape index (κ1) is 8.01. The number of hydrogen-bond acceptors (Lipinski definition) is 3. The predicted molar refractivity (Wildman–Crippen MR) is 40.9 cm³/mol. The Balaban J connectivity index is 2.94. The first-order chi connectivity index (χ1) is 5.68. The number of nitrogens with two attached hydrogens (primary N) is 1. The van der Waals surface area contributed by atoms with Crippen LogP contribution in [0.5, 0.6) is 0 Å². The van der Waals surface area contributed by atoms with Gasteiger partial charge in [-0.2, -0.15) is 0 Å². The van der Waals surface area contributed by atoms with E-state index in [1.165, 1.54) is 6.20 Å². The fraction of sp³-hybridized carbons (Fsp3) is 0. The second-order valence-corrected chi connectivity index (χ2v) is 1.91. The van der Waals surface area contributed by atoms with Gasteiger partial charge in [-0.25, -0.2) is 4.98 Å². The van der Waals surface area contributed by atoms with Gasteiger partial charge in [-0.3, -0.25) is 9.59 Å². The minimum atomic E-state index is -0.733. The number of carbonyl (C=O) groups is 1. The molecule has 12 heavy (non-hydrogen) atoms. The molecule has 0 spiro atoms. The van der Waals surface area contributed by atoms with Crippen molar-refractivity contribution in [3.8, 4) is 11.8 Å². The van der Waals surface area contributed by atoms with Gasteiger partial charge in [0.15, 0.2) is 0 Å². The van der Waals surface area contributed by atoms with Crippen LogP contribution in [0.2, 0.25) is 0 Å². The number of H-pyrrole nitrogens is 1. The van der Waals surface area contributed by atoms with Crippen molar-refractivity contribution in [3.05, 3.63) is 28.4 Å². The number of amides is 1. The van der Waals surface area contributed by atoms with Crippen LogP contribution < -0.4 is 11.3 Å². The van der Waals surface area contributed by atoms with Crippen molar-refractivity contribution in [1.82, 2.24) is 9.97 Å². The van der Waals surface area contributed by atoms with E-state index in [0.29, 0.717) is 5.69 Å². The Morgan fingerprint density at radius 3 is 2.92 bits per heavy atom. The van der Waals surface area contributed by atoms with Gasteiger partial charge in [0.2, 0.25) is 0 Å². The van der Waals surface area contributed by atoms with Gasteiger partial charge < -0.3 is 10.7 Å². The molecule has 0 aliphatic heterocycles. The fourth-order valence-corrected chi connectivity index (χ4v) is 0.536. The lowest BCUT2D eigenvalue weighted by atomic mass is 10.4. The molecule has 0 aliphatic rings. The molecule has 3 N–H and O–H groups in total. The number of aromatic nitrogens is 2. The van der Waals surface area contributed by atoms with E-state index >= 15 is 0 Å². The van der Waals surface area contributed by atoms with Crippen molar-refractivity contribution < 1.29 is 4.79 Å². The minimum Gasteiger partial charge on any atom is -0.359 e. The van der Waals surface area contributed by atoms with Crippen LogP contribution in [-0.2, 0) is 4.79 Å². The Kier molecular flexibility index (Phi) is 2.23. The first-order valence-electron chi connectivity index (χ1n) is 3.04. The zero-order valence-corrected chi connectivity index (χ0v) is 6.00. The molecular weight excluding hydrogens is 158 g/mol. The van der Waals surface area contributed by atoms with Crippen LogP contribution in [0, 0.1) is 11.8 Å². The third-order valence-electron chi connectivity index (χ3n) is 0.986. The van der Waals surface area contributed by atoms with Gasteiger partial charge in [0.05, 0.1) is 6.20 Å². The Bertz CT molecular complexity index is 390. The Morgan fingerprint density at radius 1 is 1.67 bits per heavy atom. The van der Waals surface area contributed by atoms with Crippen LogP contribution in [0.3, 0.4) is 0 Å². The Labute approximate surface area is 67.6 Å². The molecule has 0 saturated heterocycles. The quantitative estimate of drug-likeness (QED) is 0.461. The van der Waals surface area contributed by atoms with Gasteiger partial charge in [0.1, 0.15) is 5.69 Å². The molecule has 60 valence electrons. The smallest absolute Gasteiger partial charge is 0.293 e. The van der Waals surface area contributed by atoms with Crippen LogP contribution in [-0.4, -0.2) is 15.9 Å². The average molecular weight is 163 g/mol. The normalized spacial score (nSPS) is 8.33. The van der Waals surface area contributed by atoms with E-state index < -0.39 is 5.91 Å². The summed E-state index contributed by atoms with van der Waals surface area (Å²) in [6, 6.07) is 0. The van der Waals surface area contributed by atoms with Crippen LogP contribution in [0.15, 0.2) is 17.2 Å². The van der Waals surface area contributed by atoms with Gasteiger partial charge in [-0.05, 0) is 5.92 Å². The van der Waals surface area contributed by atoms with Crippen LogP contribution >= 0.6 is 0 Å². The van der Waals surface area contributed by atoms with E-state index in [-0.39, 0.29) is 5.56 Å². The summed E-state index contributed by atoms with van der Waals surface area (Å²) >= 11 is 0. The summed E-state index contributed by atoms with van der Waals surface area (Å²) in [6.45, 7) is 0. The van der Waals surface area contributed by atoms with Gasteiger partial charge >= 0.3 is 0 Å². The average Bonchev–Trinajstić information content (AvgIpc) is 2.03. The standard InChI is InChI=1S/C7H5N3O2/c8-6(11)2-1-5-3-10-7(12)4-9-5/h3-4H,(H2,8,11)(H,10,12). The lowest BCUT2D eigenvalue weighted by Gasteiger charge is -1.84. The summed E-state index contributed by atoms with van der Waals surface area (Å²) in [5.74, 6) is 3.72. The number of nitrogens with one attached hydrogen (secondary N) is 1. The number of carbonyl (C=O) groups excluding carboxylic acids is 1. The van der Waals surface area contributed by atoms with Crippen molar-refractivity contribution in [2.45, 2.75) is 0 Å². The molecule has 5 nitrogen and oxygen atoms in total. The van der Waals surface area contributed by atoms with Crippen molar-refractivity contribution in [2.24, 2.45) is 5.73 Å². The molecule has 0 atom stereocenters. The third kappa shape index (κ3) is 2.27. The number of rotatable bonds is 0. The third-order valence-corrected chi connectivity index (χ3v) is 0.986. The van der Waals surface area contributed by atoms with E-state index in [0.717, 1.165) is 6.20 Å². The molecule has 0 radical (unpaired) electrons. The number of nitrogens with zero attached hydrogens (tertiary/aromatic N) is 1. The summed E-state index contributed by atoms with van der Waals surface area (Å²) in [5, 5.41) is 0. The maximum Gasteiger partial charge on any atom is 0.293 e. The van der Waals surface area contributed by atoms with Gasteiger partial charge in [-0.15, -0.1) is 0 Å². The molecule has 0 aliphatic carbocycles. The van der Waals surface area contributed by atoms with E-state index in [1.54, 1.807) is 0 Å². The van der Waals surface area contributed by atoms with Crippen LogP contribution in [0.1, 0.15) is 5.69 Å². The van der Waals surface area contributed by atoms with E-state index in [2.05, 4.69) is 21.8 Å². The summed E-state index contributed by atoms with van der Waals surface area (Å²) in [4.78, 5) is 26.7. The number of primary amides is 1. The van der Waals surface area contributed by atoms with Gasteiger partial charge in [0, 0.05) is 12.1 Å². The zero-order chi connectivity index (χ0) is 8.97. The molecule has 1 amide bonds. The molecule has 0 aromatic carbocycles. The van der Waals surface area contributed by atoms with Crippen molar-refractivity contribution in [3.63, 3.8) is 0 Å². The summed E-state index contributed by atoms with van der Waals surface area (Å²) in [5.41, 5.74) is 4.74. The Hall–Kier alpha value is -2.09. The van der Waals surface area contributed by atoms with Gasteiger partial charge in [0.25, 0.3) is 11.5 Å². The first-order valence-corrected chi connectivity index (χ1v) is 3.04. The second-order valence-electron chi connectivity index (χ2n) is 1.91. The summed E-state index contributed by atoms with van der Waals surface area (Å²) < 4.78 is 0. The topological polar surface area (TPSA) is 88.8 Å². The molecule has 0 saturated carbocycles. The van der Waals surface area contributed by atoms with E-state index in [9.17, 15) is 9.59 Å². The highest BCUT2D eigenvalue weighted by Crippen LogP contribution is 1.80. The maximum atomic E-state index is 10.5. The molecule has 5 heteroatoms. The highest BCUT2D eigenvalue weighted by Gasteiger charge is 1.87. The van der Waals surface area contributed by atoms with Crippen molar-refractivity contribution in [1.29, 1.82) is 0 Å². The Morgan fingerprint density at radius 2 is 2.42 bits per heavy atom. The molecular formula is C7H5N3O2. The molecule has 1 aromatic rings. The number of aromatic amines is 1. The SMILES string of the molecule is NC(=O)C#Cc1c[nH]c(=O)cn1. The molecule has 0 bridgehead atoms. The highest BCUT2D eigenvalue weighted by molar-refractivity contribution is 5.92. The fourth-order valence-electron chi connectivity index (χ4n) is 0.536. The largest absolute Gasteiger partial charge is 0.359 e. The molecule has 1 heterocycles. The summed E-state index contributed by atoms with van der Waals surface area (Å²) in [7, 11) is 0. The predicted octanol–water partition coefficient (Wildman–Crippen LogP) is -1.39. The number of hydrogen-bond donors (Lipinski definition) is 2. The highest BCUT2D eigenvalue weighted by atomic mass is 16.1. The van der Waals surface area contributed by atoms with E-state index in [1.807, 2.05) is 0 Å². The second kappa shape index (κ2) is 3.34. The molecule has 0 unspecified atom stereocenters. The lowest BCUT2D eigenvalue weighted by Crippen LogP contribution is -2.07. The monoisotopic (exact) mass is 163 g/mol. The zero-order valence-electron chi connectivity index (χ0n) is 6.00.